The molecule has 5 nitrogen and oxygen atoms in total. The van der Waals surface area contributed by atoms with E-state index in [1.165, 1.54) is 24.5 Å². The van der Waals surface area contributed by atoms with Gasteiger partial charge in [-0.15, -0.1) is 0 Å². The molecule has 0 radical (unpaired) electrons. The van der Waals surface area contributed by atoms with E-state index in [1.807, 2.05) is 37.3 Å². The normalized spacial score (nSPS) is 14.6. The lowest BCUT2D eigenvalue weighted by Crippen LogP contribution is -2.29. The lowest BCUT2D eigenvalue weighted by molar-refractivity contribution is 0.0934. The van der Waals surface area contributed by atoms with Crippen molar-refractivity contribution in [2.75, 3.05) is 0 Å². The molecule has 1 fully saturated rings. The third kappa shape index (κ3) is 3.97. The maximum absolute atomic E-state index is 12.6. The number of amides is 1. The van der Waals surface area contributed by atoms with Gasteiger partial charge >= 0.3 is 0 Å². The van der Waals surface area contributed by atoms with Crippen LogP contribution in [0.4, 0.5) is 0 Å². The van der Waals surface area contributed by atoms with Crippen molar-refractivity contribution in [1.82, 2.24) is 15.3 Å². The van der Waals surface area contributed by atoms with E-state index in [9.17, 15) is 9.59 Å². The van der Waals surface area contributed by atoms with Gasteiger partial charge in [0.05, 0.1) is 6.04 Å². The van der Waals surface area contributed by atoms with E-state index in [0.29, 0.717) is 11.7 Å². The van der Waals surface area contributed by atoms with Gasteiger partial charge in [-0.3, -0.25) is 9.59 Å². The van der Waals surface area contributed by atoms with Gasteiger partial charge in [-0.2, -0.15) is 0 Å². The first-order valence-electron chi connectivity index (χ1n) is 9.17. The van der Waals surface area contributed by atoms with Gasteiger partial charge in [0.15, 0.2) is 0 Å². The molecule has 3 aromatic rings. The number of nitrogens with zero attached hydrogens (tertiary/aromatic N) is 1. The van der Waals surface area contributed by atoms with Crippen LogP contribution in [0.25, 0.3) is 11.4 Å². The fourth-order valence-corrected chi connectivity index (χ4v) is 3.13. The van der Waals surface area contributed by atoms with Crippen LogP contribution in [0, 0.1) is 0 Å². The topological polar surface area (TPSA) is 74.8 Å². The van der Waals surface area contributed by atoms with Crippen molar-refractivity contribution in [3.8, 4) is 11.4 Å². The first-order valence-corrected chi connectivity index (χ1v) is 9.17. The molecule has 0 spiro atoms. The summed E-state index contributed by atoms with van der Waals surface area (Å²) >= 11 is 0. The Kier molecular flexibility index (Phi) is 4.59. The van der Waals surface area contributed by atoms with E-state index in [4.69, 9.17) is 0 Å². The van der Waals surface area contributed by atoms with Gasteiger partial charge in [0.1, 0.15) is 11.5 Å². The van der Waals surface area contributed by atoms with Crippen molar-refractivity contribution >= 4 is 5.91 Å². The number of carbonyl (C=O) groups is 1. The molecule has 0 unspecified atom stereocenters. The Balaban J connectivity index is 1.52. The Morgan fingerprint density at radius 3 is 2.48 bits per heavy atom. The molecule has 5 heteroatoms. The number of rotatable bonds is 5. The first kappa shape index (κ1) is 17.2. The van der Waals surface area contributed by atoms with E-state index in [-0.39, 0.29) is 23.2 Å². The zero-order valence-corrected chi connectivity index (χ0v) is 15.1. The van der Waals surface area contributed by atoms with Crippen LogP contribution in [0.1, 0.15) is 53.3 Å². The van der Waals surface area contributed by atoms with Gasteiger partial charge in [-0.25, -0.2) is 4.98 Å². The molecule has 1 saturated carbocycles. The third-order valence-electron chi connectivity index (χ3n) is 4.85. The summed E-state index contributed by atoms with van der Waals surface area (Å²) < 4.78 is 0. The largest absolute Gasteiger partial charge is 0.344 e. The molecule has 0 aliphatic heterocycles. The maximum atomic E-state index is 12.6. The number of carbonyl (C=O) groups excluding carboxylic acids is 1. The highest BCUT2D eigenvalue weighted by atomic mass is 16.2. The molecule has 1 aliphatic rings. The Bertz CT molecular complexity index is 1010. The smallest absolute Gasteiger partial charge is 0.270 e. The minimum Gasteiger partial charge on any atom is -0.344 e. The molecular weight excluding hydrogens is 338 g/mol. The van der Waals surface area contributed by atoms with Crippen molar-refractivity contribution < 1.29 is 4.79 Å². The van der Waals surface area contributed by atoms with Crippen LogP contribution in [0.5, 0.6) is 0 Å². The molecule has 1 aromatic heterocycles. The van der Waals surface area contributed by atoms with Crippen molar-refractivity contribution in [2.45, 2.75) is 31.7 Å². The summed E-state index contributed by atoms with van der Waals surface area (Å²) in [5.74, 6) is 0.729. The molecule has 0 saturated heterocycles. The SMILES string of the molecule is C[C@@H](NC(=O)c1cc(=O)[nH]c(-c2ccccc2)n1)c1ccc(C2CC2)cc1. The molecule has 0 bridgehead atoms. The van der Waals surface area contributed by atoms with Gasteiger partial charge < -0.3 is 10.3 Å². The number of hydrogen-bond donors (Lipinski definition) is 2. The highest BCUT2D eigenvalue weighted by Crippen LogP contribution is 2.40. The van der Waals surface area contributed by atoms with Crippen LogP contribution < -0.4 is 10.9 Å². The van der Waals surface area contributed by atoms with Crippen LogP contribution in [-0.4, -0.2) is 15.9 Å². The van der Waals surface area contributed by atoms with Crippen molar-refractivity contribution in [1.29, 1.82) is 0 Å². The molecule has 2 aromatic carbocycles. The lowest BCUT2D eigenvalue weighted by atomic mass is 10.0. The number of aromatic amines is 1. The minimum absolute atomic E-state index is 0.110. The summed E-state index contributed by atoms with van der Waals surface area (Å²) in [6.45, 7) is 1.93. The van der Waals surface area contributed by atoms with Gasteiger partial charge in [0.2, 0.25) is 0 Å². The zero-order chi connectivity index (χ0) is 18.8. The van der Waals surface area contributed by atoms with Crippen LogP contribution in [0.15, 0.2) is 65.5 Å². The summed E-state index contributed by atoms with van der Waals surface area (Å²) in [6.07, 6.45) is 2.53. The molecule has 136 valence electrons. The summed E-state index contributed by atoms with van der Waals surface area (Å²) in [7, 11) is 0. The maximum Gasteiger partial charge on any atom is 0.270 e. The second kappa shape index (κ2) is 7.19. The van der Waals surface area contributed by atoms with Crippen molar-refractivity contribution in [2.24, 2.45) is 0 Å². The molecular formula is C22H21N3O2. The predicted octanol–water partition coefficient (Wildman–Crippen LogP) is 3.81. The monoisotopic (exact) mass is 359 g/mol. The molecule has 1 aliphatic carbocycles. The molecule has 1 heterocycles. The highest BCUT2D eigenvalue weighted by molar-refractivity contribution is 5.92. The Hall–Kier alpha value is -3.21. The fourth-order valence-electron chi connectivity index (χ4n) is 3.13. The van der Waals surface area contributed by atoms with Gasteiger partial charge in [-0.05, 0) is 36.8 Å². The first-order chi connectivity index (χ1) is 13.1. The zero-order valence-electron chi connectivity index (χ0n) is 15.1. The fraction of sp³-hybridized carbons (Fsp3) is 0.227. The quantitative estimate of drug-likeness (QED) is 0.727. The van der Waals surface area contributed by atoms with Crippen LogP contribution >= 0.6 is 0 Å². The Morgan fingerprint density at radius 2 is 1.81 bits per heavy atom. The molecule has 27 heavy (non-hydrogen) atoms. The molecule has 4 rings (SSSR count). The van der Waals surface area contributed by atoms with E-state index < -0.39 is 0 Å². The van der Waals surface area contributed by atoms with Crippen LogP contribution in [-0.2, 0) is 0 Å². The number of aromatic nitrogens is 2. The van der Waals surface area contributed by atoms with E-state index in [0.717, 1.165) is 11.1 Å². The van der Waals surface area contributed by atoms with Gasteiger partial charge in [0, 0.05) is 11.6 Å². The molecule has 2 N–H and O–H groups in total. The van der Waals surface area contributed by atoms with Crippen molar-refractivity contribution in [3.63, 3.8) is 0 Å². The number of benzene rings is 2. The summed E-state index contributed by atoms with van der Waals surface area (Å²) in [5, 5.41) is 2.93. The van der Waals surface area contributed by atoms with Gasteiger partial charge in [-0.1, -0.05) is 54.6 Å². The van der Waals surface area contributed by atoms with E-state index in [1.54, 1.807) is 0 Å². The third-order valence-corrected chi connectivity index (χ3v) is 4.85. The average molecular weight is 359 g/mol. The molecule has 1 atom stereocenters. The molecule has 1 amide bonds. The number of nitrogens with one attached hydrogen (secondary N) is 2. The van der Waals surface area contributed by atoms with Crippen LogP contribution in [0.3, 0.4) is 0 Å². The number of hydrogen-bond acceptors (Lipinski definition) is 3. The van der Waals surface area contributed by atoms with E-state index in [2.05, 4.69) is 39.6 Å². The second-order valence-corrected chi connectivity index (χ2v) is 6.98. The van der Waals surface area contributed by atoms with Crippen LogP contribution in [0.2, 0.25) is 0 Å². The average Bonchev–Trinajstić information content (AvgIpc) is 3.53. The summed E-state index contributed by atoms with van der Waals surface area (Å²) in [6, 6.07) is 18.7. The summed E-state index contributed by atoms with van der Waals surface area (Å²) in [5.41, 5.74) is 2.91. The lowest BCUT2D eigenvalue weighted by Gasteiger charge is -2.15. The summed E-state index contributed by atoms with van der Waals surface area (Å²) in [4.78, 5) is 31.6. The standard InChI is InChI=1S/C22H21N3O2/c1-14(15-7-9-16(10-8-15)17-11-12-17)23-22(27)19-13-20(26)25-21(24-19)18-5-3-2-4-6-18/h2-10,13-14,17H,11-12H2,1H3,(H,23,27)(H,24,25,26)/t14-/m1/s1. The Labute approximate surface area is 157 Å². The highest BCUT2D eigenvalue weighted by Gasteiger charge is 2.23. The Morgan fingerprint density at radius 1 is 1.11 bits per heavy atom. The second-order valence-electron chi connectivity index (χ2n) is 6.98. The van der Waals surface area contributed by atoms with Gasteiger partial charge in [0.25, 0.3) is 11.5 Å². The van der Waals surface area contributed by atoms with Crippen molar-refractivity contribution in [3.05, 3.63) is 87.8 Å². The van der Waals surface area contributed by atoms with E-state index >= 15 is 0 Å². The number of H-pyrrole nitrogens is 1. The predicted molar refractivity (Wildman–Crippen MR) is 105 cm³/mol. The minimum atomic E-state index is -0.364.